The van der Waals surface area contributed by atoms with Gasteiger partial charge in [-0.05, 0) is 19.1 Å². The van der Waals surface area contributed by atoms with Crippen LogP contribution in [-0.2, 0) is 4.79 Å². The van der Waals surface area contributed by atoms with E-state index in [0.29, 0.717) is 29.3 Å². The zero-order valence-electron chi connectivity index (χ0n) is 9.49. The molecule has 0 radical (unpaired) electrons. The molecule has 0 aliphatic heterocycles. The third-order valence-electron chi connectivity index (χ3n) is 2.22. The maximum atomic E-state index is 11.2. The second-order valence-corrected chi connectivity index (χ2v) is 3.52. The van der Waals surface area contributed by atoms with Crippen molar-refractivity contribution in [2.24, 2.45) is 0 Å². The highest BCUT2D eigenvalue weighted by Gasteiger charge is 2.08. The van der Waals surface area contributed by atoms with Crippen molar-refractivity contribution in [3.63, 3.8) is 0 Å². The summed E-state index contributed by atoms with van der Waals surface area (Å²) in [5.74, 6) is -0.109. The molecule has 90 valence electrons. The SMILES string of the molecule is CCNC(=O)CNc1nc2c(N)cccc2o1. The smallest absolute Gasteiger partial charge is 0.296 e. The molecule has 0 bridgehead atoms. The molecule has 0 saturated heterocycles. The van der Waals surface area contributed by atoms with E-state index < -0.39 is 0 Å². The van der Waals surface area contributed by atoms with Crippen molar-refractivity contribution in [3.05, 3.63) is 18.2 Å². The summed E-state index contributed by atoms with van der Waals surface area (Å²) >= 11 is 0. The quantitative estimate of drug-likeness (QED) is 0.685. The van der Waals surface area contributed by atoms with Gasteiger partial charge in [0.2, 0.25) is 5.91 Å². The van der Waals surface area contributed by atoms with Crippen LogP contribution in [0, 0.1) is 0 Å². The van der Waals surface area contributed by atoms with E-state index in [1.807, 2.05) is 6.92 Å². The molecular formula is C11H14N4O2. The van der Waals surface area contributed by atoms with Gasteiger partial charge in [0.15, 0.2) is 5.58 Å². The number of para-hydroxylation sites is 1. The second kappa shape index (κ2) is 4.73. The number of hydrogen-bond acceptors (Lipinski definition) is 5. The van der Waals surface area contributed by atoms with Crippen LogP contribution in [0.1, 0.15) is 6.92 Å². The van der Waals surface area contributed by atoms with Gasteiger partial charge in [0.25, 0.3) is 6.01 Å². The number of carbonyl (C=O) groups is 1. The number of nitrogens with zero attached hydrogens (tertiary/aromatic N) is 1. The zero-order chi connectivity index (χ0) is 12.3. The first-order chi connectivity index (χ1) is 8.20. The minimum atomic E-state index is -0.109. The Labute approximate surface area is 98.2 Å². The number of nitrogen functional groups attached to an aromatic ring is 1. The topological polar surface area (TPSA) is 93.2 Å². The number of fused-ring (bicyclic) bond motifs is 1. The van der Waals surface area contributed by atoms with Crippen molar-refractivity contribution in [2.45, 2.75) is 6.92 Å². The van der Waals surface area contributed by atoms with Crippen LogP contribution in [0.2, 0.25) is 0 Å². The van der Waals surface area contributed by atoms with Crippen LogP contribution in [0.5, 0.6) is 0 Å². The number of likely N-dealkylation sites (N-methyl/N-ethyl adjacent to an activating group) is 1. The van der Waals surface area contributed by atoms with E-state index in [4.69, 9.17) is 10.2 Å². The van der Waals surface area contributed by atoms with Crippen molar-refractivity contribution in [1.29, 1.82) is 0 Å². The van der Waals surface area contributed by atoms with Gasteiger partial charge in [-0.1, -0.05) is 6.07 Å². The van der Waals surface area contributed by atoms with Gasteiger partial charge in [-0.25, -0.2) is 0 Å². The first-order valence-electron chi connectivity index (χ1n) is 5.36. The number of anilines is 2. The van der Waals surface area contributed by atoms with Crippen LogP contribution in [-0.4, -0.2) is 24.0 Å². The third kappa shape index (κ3) is 2.47. The van der Waals surface area contributed by atoms with Crippen LogP contribution in [0.15, 0.2) is 22.6 Å². The van der Waals surface area contributed by atoms with E-state index in [2.05, 4.69) is 15.6 Å². The Kier molecular flexibility index (Phi) is 3.13. The number of oxazole rings is 1. The van der Waals surface area contributed by atoms with Crippen LogP contribution in [0.4, 0.5) is 11.7 Å². The number of carbonyl (C=O) groups excluding carboxylic acids is 1. The fraction of sp³-hybridized carbons (Fsp3) is 0.273. The molecule has 0 saturated carbocycles. The minimum Gasteiger partial charge on any atom is -0.423 e. The van der Waals surface area contributed by atoms with Crippen LogP contribution < -0.4 is 16.4 Å². The number of hydrogen-bond donors (Lipinski definition) is 3. The Hall–Kier alpha value is -2.24. The first-order valence-corrected chi connectivity index (χ1v) is 5.36. The predicted octanol–water partition coefficient (Wildman–Crippen LogP) is 0.958. The number of nitrogens with two attached hydrogens (primary N) is 1. The average molecular weight is 234 g/mol. The molecule has 0 aliphatic carbocycles. The van der Waals surface area contributed by atoms with Crippen molar-refractivity contribution >= 4 is 28.7 Å². The Bertz CT molecular complexity index is 535. The number of aromatic nitrogens is 1. The Balaban J connectivity index is 2.10. The molecule has 1 aromatic carbocycles. The van der Waals surface area contributed by atoms with Gasteiger partial charge in [-0.2, -0.15) is 4.98 Å². The molecule has 17 heavy (non-hydrogen) atoms. The lowest BCUT2D eigenvalue weighted by atomic mass is 10.3. The summed E-state index contributed by atoms with van der Waals surface area (Å²) in [7, 11) is 0. The molecule has 0 unspecified atom stereocenters. The molecule has 0 spiro atoms. The van der Waals surface area contributed by atoms with Gasteiger partial charge in [0.05, 0.1) is 12.2 Å². The highest BCUT2D eigenvalue weighted by molar-refractivity contribution is 5.87. The fourth-order valence-corrected chi connectivity index (χ4v) is 1.46. The average Bonchev–Trinajstić information content (AvgIpc) is 2.71. The molecular weight excluding hydrogens is 220 g/mol. The Morgan fingerprint density at radius 1 is 1.53 bits per heavy atom. The predicted molar refractivity (Wildman–Crippen MR) is 65.6 cm³/mol. The molecule has 0 aliphatic rings. The second-order valence-electron chi connectivity index (χ2n) is 3.52. The normalized spacial score (nSPS) is 10.4. The van der Waals surface area contributed by atoms with Gasteiger partial charge >= 0.3 is 0 Å². The summed E-state index contributed by atoms with van der Waals surface area (Å²) in [6, 6.07) is 5.61. The summed E-state index contributed by atoms with van der Waals surface area (Å²) in [6.07, 6.45) is 0. The summed E-state index contributed by atoms with van der Waals surface area (Å²) < 4.78 is 5.40. The molecule has 4 N–H and O–H groups in total. The fourth-order valence-electron chi connectivity index (χ4n) is 1.46. The van der Waals surface area contributed by atoms with Crippen molar-refractivity contribution in [2.75, 3.05) is 24.1 Å². The lowest BCUT2D eigenvalue weighted by Gasteiger charge is -2.01. The number of benzene rings is 1. The van der Waals surface area contributed by atoms with Crippen molar-refractivity contribution < 1.29 is 9.21 Å². The third-order valence-corrected chi connectivity index (χ3v) is 2.22. The van der Waals surface area contributed by atoms with E-state index >= 15 is 0 Å². The summed E-state index contributed by atoms with van der Waals surface area (Å²) in [5.41, 5.74) is 7.50. The Morgan fingerprint density at radius 2 is 2.35 bits per heavy atom. The van der Waals surface area contributed by atoms with Gasteiger partial charge in [0.1, 0.15) is 5.52 Å². The maximum absolute atomic E-state index is 11.2. The molecule has 2 rings (SSSR count). The molecule has 0 atom stereocenters. The molecule has 0 fully saturated rings. The van der Waals surface area contributed by atoms with Crippen LogP contribution >= 0.6 is 0 Å². The van der Waals surface area contributed by atoms with Gasteiger partial charge < -0.3 is 20.8 Å². The van der Waals surface area contributed by atoms with Gasteiger partial charge in [0, 0.05) is 6.54 Å². The Morgan fingerprint density at radius 3 is 3.06 bits per heavy atom. The summed E-state index contributed by atoms with van der Waals surface area (Å²) in [4.78, 5) is 15.4. The number of amides is 1. The van der Waals surface area contributed by atoms with E-state index in [0.717, 1.165) is 0 Å². The van der Waals surface area contributed by atoms with E-state index in [1.54, 1.807) is 18.2 Å². The lowest BCUT2D eigenvalue weighted by Crippen LogP contribution is -2.29. The number of nitrogens with one attached hydrogen (secondary N) is 2. The summed E-state index contributed by atoms with van der Waals surface area (Å²) in [6.45, 7) is 2.58. The zero-order valence-corrected chi connectivity index (χ0v) is 9.49. The summed E-state index contributed by atoms with van der Waals surface area (Å²) in [5, 5.41) is 5.47. The first kappa shape index (κ1) is 11.3. The molecule has 6 heteroatoms. The van der Waals surface area contributed by atoms with Crippen LogP contribution in [0.3, 0.4) is 0 Å². The molecule has 1 aromatic heterocycles. The highest BCUT2D eigenvalue weighted by Crippen LogP contribution is 2.23. The lowest BCUT2D eigenvalue weighted by molar-refractivity contribution is -0.119. The molecule has 2 aromatic rings. The van der Waals surface area contributed by atoms with Crippen molar-refractivity contribution in [3.8, 4) is 0 Å². The van der Waals surface area contributed by atoms with Gasteiger partial charge in [-0.15, -0.1) is 0 Å². The van der Waals surface area contributed by atoms with Gasteiger partial charge in [-0.3, -0.25) is 4.79 Å². The molecule has 6 nitrogen and oxygen atoms in total. The van der Waals surface area contributed by atoms with Crippen molar-refractivity contribution in [1.82, 2.24) is 10.3 Å². The van der Waals surface area contributed by atoms with E-state index in [9.17, 15) is 4.79 Å². The molecule has 1 amide bonds. The molecule has 1 heterocycles. The standard InChI is InChI=1S/C11H14N4O2/c1-2-13-9(16)6-14-11-15-10-7(12)4-3-5-8(10)17-11/h3-5H,2,6,12H2,1H3,(H,13,16)(H,14,15). The number of rotatable bonds is 4. The van der Waals surface area contributed by atoms with E-state index in [1.165, 1.54) is 0 Å². The van der Waals surface area contributed by atoms with Crippen LogP contribution in [0.25, 0.3) is 11.1 Å². The monoisotopic (exact) mass is 234 g/mol. The largest absolute Gasteiger partial charge is 0.423 e. The minimum absolute atomic E-state index is 0.109. The highest BCUT2D eigenvalue weighted by atomic mass is 16.4. The maximum Gasteiger partial charge on any atom is 0.296 e. The van der Waals surface area contributed by atoms with E-state index in [-0.39, 0.29) is 12.5 Å².